The number of ether oxygens (including phenoxy) is 1. The highest BCUT2D eigenvalue weighted by molar-refractivity contribution is 6.79. The van der Waals surface area contributed by atoms with E-state index in [1.54, 1.807) is 24.2 Å². The smallest absolute Gasteiger partial charge is 0.0844 e. The fraction of sp³-hybridized carbons (Fsp3) is 1.00. The van der Waals surface area contributed by atoms with Gasteiger partial charge < -0.3 is 4.74 Å². The Labute approximate surface area is 140 Å². The maximum absolute atomic E-state index is 5.75. The molecule has 0 aromatic rings. The Morgan fingerprint density at radius 1 is 0.773 bits per heavy atom. The molecule has 3 unspecified atom stereocenters. The van der Waals surface area contributed by atoms with Crippen LogP contribution in [0.2, 0.25) is 24.2 Å². The molecule has 1 aliphatic heterocycles. The molecule has 1 heterocycles. The second-order valence-electron chi connectivity index (χ2n) is 8.24. The third kappa shape index (κ3) is 5.67. The van der Waals surface area contributed by atoms with Gasteiger partial charge in [-0.2, -0.15) is 0 Å². The number of fused-ring (bicyclic) bond motifs is 1. The molecule has 0 aromatic heterocycles. The number of hydrogen-bond donors (Lipinski definition) is 0. The topological polar surface area (TPSA) is 12.5 Å². The summed E-state index contributed by atoms with van der Waals surface area (Å²) in [5.41, 5.74) is 0. The van der Waals surface area contributed by atoms with E-state index < -0.39 is 8.07 Å². The van der Waals surface area contributed by atoms with Crippen LogP contribution in [0.3, 0.4) is 0 Å². The summed E-state index contributed by atoms with van der Waals surface area (Å²) in [5, 5.41) is 0. The van der Waals surface area contributed by atoms with Crippen molar-refractivity contribution >= 4 is 8.07 Å². The Hall–Kier alpha value is 0.177. The molecule has 3 atom stereocenters. The lowest BCUT2D eigenvalue weighted by Crippen LogP contribution is -2.34. The summed E-state index contributed by atoms with van der Waals surface area (Å²) in [6, 6.07) is 6.51. The van der Waals surface area contributed by atoms with Crippen LogP contribution in [-0.4, -0.2) is 20.3 Å². The van der Waals surface area contributed by atoms with Gasteiger partial charge in [-0.1, -0.05) is 89.9 Å². The lowest BCUT2D eigenvalue weighted by Gasteiger charge is -2.34. The van der Waals surface area contributed by atoms with Gasteiger partial charge in [0, 0.05) is 0 Å². The second-order valence-corrected chi connectivity index (χ2v) is 13.2. The van der Waals surface area contributed by atoms with Crippen molar-refractivity contribution in [3.63, 3.8) is 0 Å². The summed E-state index contributed by atoms with van der Waals surface area (Å²) in [5.74, 6) is 1.00. The van der Waals surface area contributed by atoms with Crippen molar-refractivity contribution < 1.29 is 4.74 Å². The maximum Gasteiger partial charge on any atom is 0.0844 e. The molecular formula is C20H40OSi. The minimum absolute atomic E-state index is 0.678. The SMILES string of the molecule is CCCC[Si](CCCC)(CCCC)CCC1CCC2OC2C1. The predicted molar refractivity (Wildman–Crippen MR) is 100 cm³/mol. The minimum atomic E-state index is -0.992. The van der Waals surface area contributed by atoms with Crippen LogP contribution in [0.5, 0.6) is 0 Å². The fourth-order valence-electron chi connectivity index (χ4n) is 4.66. The van der Waals surface area contributed by atoms with E-state index in [4.69, 9.17) is 4.74 Å². The molecular weight excluding hydrogens is 284 g/mol. The average molecular weight is 325 g/mol. The molecule has 2 fully saturated rings. The lowest BCUT2D eigenvalue weighted by atomic mass is 9.87. The number of rotatable bonds is 12. The van der Waals surface area contributed by atoms with Crippen molar-refractivity contribution in [2.45, 2.75) is 121 Å². The molecule has 0 radical (unpaired) electrons. The highest BCUT2D eigenvalue weighted by atomic mass is 28.3. The first-order valence-corrected chi connectivity index (χ1v) is 13.2. The molecule has 0 N–H and O–H groups in total. The molecule has 130 valence electrons. The molecule has 1 nitrogen and oxygen atoms in total. The van der Waals surface area contributed by atoms with Crippen molar-refractivity contribution in [3.05, 3.63) is 0 Å². The van der Waals surface area contributed by atoms with E-state index in [1.165, 1.54) is 64.2 Å². The van der Waals surface area contributed by atoms with Crippen LogP contribution in [0.15, 0.2) is 0 Å². The summed E-state index contributed by atoms with van der Waals surface area (Å²) in [6.45, 7) is 7.14. The van der Waals surface area contributed by atoms with Gasteiger partial charge in [0.25, 0.3) is 0 Å². The second kappa shape index (κ2) is 9.47. The van der Waals surface area contributed by atoms with Gasteiger partial charge in [-0.25, -0.2) is 0 Å². The quantitative estimate of drug-likeness (QED) is 0.284. The molecule has 1 saturated heterocycles. The van der Waals surface area contributed by atoms with Crippen LogP contribution in [-0.2, 0) is 4.74 Å². The zero-order valence-electron chi connectivity index (χ0n) is 15.5. The van der Waals surface area contributed by atoms with Crippen molar-refractivity contribution in [1.29, 1.82) is 0 Å². The van der Waals surface area contributed by atoms with Crippen molar-refractivity contribution in [1.82, 2.24) is 0 Å². The van der Waals surface area contributed by atoms with Gasteiger partial charge in [0.2, 0.25) is 0 Å². The zero-order valence-corrected chi connectivity index (χ0v) is 16.5. The van der Waals surface area contributed by atoms with Crippen molar-refractivity contribution in [2.75, 3.05) is 0 Å². The summed E-state index contributed by atoms with van der Waals surface area (Å²) in [7, 11) is -0.992. The summed E-state index contributed by atoms with van der Waals surface area (Å²) >= 11 is 0. The van der Waals surface area contributed by atoms with E-state index in [0.29, 0.717) is 12.2 Å². The molecule has 0 amide bonds. The van der Waals surface area contributed by atoms with Gasteiger partial charge in [-0.3, -0.25) is 0 Å². The summed E-state index contributed by atoms with van der Waals surface area (Å²) in [4.78, 5) is 0. The number of hydrogen-bond acceptors (Lipinski definition) is 1. The van der Waals surface area contributed by atoms with Crippen LogP contribution in [0.1, 0.15) is 85.0 Å². The Balaban J connectivity index is 1.86. The van der Waals surface area contributed by atoms with Crippen molar-refractivity contribution in [2.24, 2.45) is 5.92 Å². The summed E-state index contributed by atoms with van der Waals surface area (Å²) in [6.07, 6.45) is 15.8. The van der Waals surface area contributed by atoms with E-state index in [1.807, 2.05) is 0 Å². The lowest BCUT2D eigenvalue weighted by molar-refractivity contribution is 0.356. The van der Waals surface area contributed by atoms with E-state index in [-0.39, 0.29) is 0 Å². The third-order valence-corrected chi connectivity index (χ3v) is 12.0. The molecule has 2 aliphatic rings. The first-order chi connectivity index (χ1) is 10.7. The Bertz CT molecular complexity index is 282. The van der Waals surface area contributed by atoms with Gasteiger partial charge in [0.05, 0.1) is 20.3 Å². The van der Waals surface area contributed by atoms with Crippen LogP contribution in [0.4, 0.5) is 0 Å². The molecule has 0 aromatic carbocycles. The zero-order chi connectivity index (χ0) is 15.8. The summed E-state index contributed by atoms with van der Waals surface area (Å²) < 4.78 is 5.75. The van der Waals surface area contributed by atoms with Gasteiger partial charge in [-0.15, -0.1) is 0 Å². The minimum Gasteiger partial charge on any atom is -0.370 e. The molecule has 1 aliphatic carbocycles. The Morgan fingerprint density at radius 2 is 1.36 bits per heavy atom. The standard InChI is InChI=1S/C20H40OSi/c1-4-7-13-22(14-8-5-2,15-9-6-3)16-12-18-10-11-19-20(17-18)21-19/h18-20H,4-17H2,1-3H3. The van der Waals surface area contributed by atoms with Crippen molar-refractivity contribution in [3.8, 4) is 0 Å². The van der Waals surface area contributed by atoms with Crippen LogP contribution >= 0.6 is 0 Å². The Morgan fingerprint density at radius 3 is 1.86 bits per heavy atom. The highest BCUT2D eigenvalue weighted by Crippen LogP contribution is 2.43. The predicted octanol–water partition coefficient (Wildman–Crippen LogP) is 6.79. The maximum atomic E-state index is 5.75. The van der Waals surface area contributed by atoms with Gasteiger partial charge in [-0.05, 0) is 25.2 Å². The van der Waals surface area contributed by atoms with Crippen LogP contribution < -0.4 is 0 Å². The molecule has 2 heteroatoms. The van der Waals surface area contributed by atoms with Crippen LogP contribution in [0.25, 0.3) is 0 Å². The molecule has 2 rings (SSSR count). The Kier molecular flexibility index (Phi) is 7.97. The largest absolute Gasteiger partial charge is 0.370 e. The van der Waals surface area contributed by atoms with E-state index in [0.717, 1.165) is 5.92 Å². The van der Waals surface area contributed by atoms with Crippen LogP contribution in [0, 0.1) is 5.92 Å². The number of epoxide rings is 1. The highest BCUT2D eigenvalue weighted by Gasteiger charge is 2.44. The molecule has 22 heavy (non-hydrogen) atoms. The van der Waals surface area contributed by atoms with E-state index in [2.05, 4.69) is 20.8 Å². The molecule has 0 spiro atoms. The third-order valence-electron chi connectivity index (χ3n) is 6.38. The van der Waals surface area contributed by atoms with E-state index in [9.17, 15) is 0 Å². The fourth-order valence-corrected chi connectivity index (χ4v) is 10.5. The first-order valence-electron chi connectivity index (χ1n) is 10.4. The normalized spacial score (nSPS) is 27.7. The van der Waals surface area contributed by atoms with Gasteiger partial charge in [0.15, 0.2) is 0 Å². The first kappa shape index (κ1) is 18.5. The monoisotopic (exact) mass is 324 g/mol. The van der Waals surface area contributed by atoms with Gasteiger partial charge >= 0.3 is 0 Å². The average Bonchev–Trinajstić information content (AvgIpc) is 3.32. The van der Waals surface area contributed by atoms with Gasteiger partial charge in [0.1, 0.15) is 0 Å². The molecule has 1 saturated carbocycles. The molecule has 0 bridgehead atoms. The van der Waals surface area contributed by atoms with E-state index >= 15 is 0 Å². The number of unbranched alkanes of at least 4 members (excludes halogenated alkanes) is 3.